The van der Waals surface area contributed by atoms with Gasteiger partial charge in [-0.25, -0.2) is 9.18 Å². The molecule has 2 aromatic carbocycles. The van der Waals surface area contributed by atoms with E-state index in [9.17, 15) is 22.8 Å². The lowest BCUT2D eigenvalue weighted by Gasteiger charge is -2.41. The smallest absolute Gasteiger partial charge is 0.416 e. The Kier molecular flexibility index (Phi) is 6.73. The fourth-order valence-corrected chi connectivity index (χ4v) is 4.29. The summed E-state index contributed by atoms with van der Waals surface area (Å²) in [6, 6.07) is 10.6. The summed E-state index contributed by atoms with van der Waals surface area (Å²) in [6.07, 6.45) is -3.57. The number of ether oxygens (including phenoxy) is 1. The number of carbonyl (C=O) groups is 2. The maximum absolute atomic E-state index is 16.4. The van der Waals surface area contributed by atoms with E-state index in [2.05, 4.69) is 21.2 Å². The normalized spacial score (nSPS) is 23.8. The Hall–Kier alpha value is -2.42. The van der Waals surface area contributed by atoms with Gasteiger partial charge in [-0.3, -0.25) is 4.79 Å². The molecule has 3 atom stereocenters. The Labute approximate surface area is 185 Å². The molecular formula is C22H20BrF4NO3. The number of halogens is 5. The van der Waals surface area contributed by atoms with E-state index < -0.39 is 41.1 Å². The van der Waals surface area contributed by atoms with Crippen molar-refractivity contribution in [3.63, 3.8) is 0 Å². The quantitative estimate of drug-likeness (QED) is 0.420. The van der Waals surface area contributed by atoms with Crippen molar-refractivity contribution in [3.05, 3.63) is 64.1 Å². The number of carbonyl (C=O) groups excluding carboxylic acids is 2. The first-order valence-corrected chi connectivity index (χ1v) is 10.4. The molecule has 0 saturated heterocycles. The van der Waals surface area contributed by atoms with Gasteiger partial charge in [-0.05, 0) is 54.8 Å². The van der Waals surface area contributed by atoms with Crippen LogP contribution in [0.5, 0.6) is 0 Å². The minimum atomic E-state index is -4.51. The number of nitrogens with one attached hydrogen (secondary N) is 1. The molecule has 2 aromatic rings. The second-order valence-corrected chi connectivity index (χ2v) is 8.33. The Morgan fingerprint density at radius 1 is 1.06 bits per heavy atom. The van der Waals surface area contributed by atoms with E-state index in [1.165, 1.54) is 0 Å². The predicted octanol–water partition coefficient (Wildman–Crippen LogP) is 5.87. The molecular weight excluding hydrogens is 482 g/mol. The molecule has 1 aliphatic carbocycles. The number of benzene rings is 2. The second-order valence-electron chi connectivity index (χ2n) is 7.41. The zero-order valence-electron chi connectivity index (χ0n) is 16.5. The average Bonchev–Trinajstić information content (AvgIpc) is 2.73. The highest BCUT2D eigenvalue weighted by molar-refractivity contribution is 9.10. The van der Waals surface area contributed by atoms with Gasteiger partial charge >= 0.3 is 12.1 Å². The maximum atomic E-state index is 16.4. The molecule has 1 aliphatic rings. The summed E-state index contributed by atoms with van der Waals surface area (Å²) in [6.45, 7) is 0. The van der Waals surface area contributed by atoms with Crippen LogP contribution in [-0.2, 0) is 20.5 Å². The fourth-order valence-electron chi connectivity index (χ4n) is 4.03. The Bertz CT molecular complexity index is 947. The van der Waals surface area contributed by atoms with Crippen molar-refractivity contribution in [2.24, 2.45) is 5.92 Å². The zero-order chi connectivity index (χ0) is 22.8. The van der Waals surface area contributed by atoms with Crippen molar-refractivity contribution in [1.82, 2.24) is 0 Å². The van der Waals surface area contributed by atoms with Crippen LogP contribution in [0, 0.1) is 5.92 Å². The Morgan fingerprint density at radius 2 is 1.68 bits per heavy atom. The van der Waals surface area contributed by atoms with E-state index in [1.54, 1.807) is 24.3 Å². The van der Waals surface area contributed by atoms with E-state index in [0.29, 0.717) is 18.4 Å². The molecule has 0 aromatic heterocycles. The summed E-state index contributed by atoms with van der Waals surface area (Å²) in [7, 11) is 1.06. The van der Waals surface area contributed by atoms with Crippen LogP contribution in [0.25, 0.3) is 0 Å². The van der Waals surface area contributed by atoms with Crippen LogP contribution < -0.4 is 5.32 Å². The SMILES string of the molecule is COC(=O)[C@]1(F)[C@@H](C(=O)Nc2ccc(C(F)(F)F)cc2)CCC[C@H]1c1ccc(Br)cc1. The lowest BCUT2D eigenvalue weighted by atomic mass is 9.66. The third kappa shape index (κ3) is 4.76. The topological polar surface area (TPSA) is 55.4 Å². The van der Waals surface area contributed by atoms with Crippen molar-refractivity contribution in [3.8, 4) is 0 Å². The van der Waals surface area contributed by atoms with E-state index in [0.717, 1.165) is 35.8 Å². The molecule has 9 heteroatoms. The van der Waals surface area contributed by atoms with Crippen LogP contribution in [-0.4, -0.2) is 24.7 Å². The first-order valence-electron chi connectivity index (χ1n) is 9.58. The predicted molar refractivity (Wildman–Crippen MR) is 110 cm³/mol. The number of alkyl halides is 4. The van der Waals surface area contributed by atoms with E-state index >= 15 is 4.39 Å². The van der Waals surface area contributed by atoms with Crippen molar-refractivity contribution in [1.29, 1.82) is 0 Å². The molecule has 166 valence electrons. The molecule has 3 rings (SSSR count). The highest BCUT2D eigenvalue weighted by Crippen LogP contribution is 2.48. The van der Waals surface area contributed by atoms with Gasteiger partial charge in [0.15, 0.2) is 0 Å². The average molecular weight is 502 g/mol. The number of amides is 1. The van der Waals surface area contributed by atoms with Gasteiger partial charge in [-0.1, -0.05) is 34.5 Å². The van der Waals surface area contributed by atoms with Gasteiger partial charge in [0.05, 0.1) is 18.6 Å². The molecule has 0 spiro atoms. The molecule has 0 bridgehead atoms. The van der Waals surface area contributed by atoms with Crippen LogP contribution in [0.15, 0.2) is 53.0 Å². The van der Waals surface area contributed by atoms with Crippen molar-refractivity contribution >= 4 is 33.5 Å². The molecule has 4 nitrogen and oxygen atoms in total. The summed E-state index contributed by atoms with van der Waals surface area (Å²) in [5.74, 6) is -4.18. The van der Waals surface area contributed by atoms with E-state index in [-0.39, 0.29) is 12.1 Å². The standard InChI is InChI=1S/C22H20BrF4NO3/c1-31-20(30)21(24)17(13-5-9-15(23)10-6-13)3-2-4-18(21)19(29)28-16-11-7-14(8-12-16)22(25,26)27/h5-12,17-18H,2-4H2,1H3,(H,28,29)/t17-,18+,21+/m0/s1. The number of hydrogen-bond donors (Lipinski definition) is 1. The van der Waals surface area contributed by atoms with Gasteiger partial charge in [0, 0.05) is 16.1 Å². The number of methoxy groups -OCH3 is 1. The van der Waals surface area contributed by atoms with Gasteiger partial charge in [0.2, 0.25) is 11.6 Å². The molecule has 1 saturated carbocycles. The highest BCUT2D eigenvalue weighted by Gasteiger charge is 2.58. The van der Waals surface area contributed by atoms with Crippen LogP contribution in [0.3, 0.4) is 0 Å². The van der Waals surface area contributed by atoms with Gasteiger partial charge < -0.3 is 10.1 Å². The summed E-state index contributed by atoms with van der Waals surface area (Å²) in [5, 5.41) is 2.44. The van der Waals surface area contributed by atoms with Crippen LogP contribution in [0.4, 0.5) is 23.2 Å². The molecule has 1 fully saturated rings. The Morgan fingerprint density at radius 3 is 2.23 bits per heavy atom. The second kappa shape index (κ2) is 8.98. The fraction of sp³-hybridized carbons (Fsp3) is 0.364. The molecule has 0 aliphatic heterocycles. The summed E-state index contributed by atoms with van der Waals surface area (Å²) >= 11 is 3.31. The molecule has 0 radical (unpaired) electrons. The summed E-state index contributed by atoms with van der Waals surface area (Å²) < 4.78 is 60.1. The number of hydrogen-bond acceptors (Lipinski definition) is 3. The molecule has 0 heterocycles. The molecule has 1 amide bonds. The third-order valence-electron chi connectivity index (χ3n) is 5.57. The minimum absolute atomic E-state index is 0.0796. The van der Waals surface area contributed by atoms with Gasteiger partial charge in [-0.2, -0.15) is 13.2 Å². The van der Waals surface area contributed by atoms with Gasteiger partial charge in [0.1, 0.15) is 0 Å². The maximum Gasteiger partial charge on any atom is 0.416 e. The van der Waals surface area contributed by atoms with Crippen LogP contribution in [0.1, 0.15) is 36.3 Å². The van der Waals surface area contributed by atoms with Crippen LogP contribution in [0.2, 0.25) is 0 Å². The Balaban J connectivity index is 1.89. The molecule has 0 unspecified atom stereocenters. The number of rotatable bonds is 4. The lowest BCUT2D eigenvalue weighted by Crippen LogP contribution is -2.54. The largest absolute Gasteiger partial charge is 0.467 e. The summed E-state index contributed by atoms with van der Waals surface area (Å²) in [5.41, 5.74) is -2.84. The van der Waals surface area contributed by atoms with E-state index in [4.69, 9.17) is 4.74 Å². The monoisotopic (exact) mass is 501 g/mol. The van der Waals surface area contributed by atoms with Crippen LogP contribution >= 0.6 is 15.9 Å². The number of anilines is 1. The van der Waals surface area contributed by atoms with Crippen molar-refractivity contribution < 1.29 is 31.9 Å². The summed E-state index contributed by atoms with van der Waals surface area (Å²) in [4.78, 5) is 25.5. The number of esters is 1. The van der Waals surface area contributed by atoms with Crippen molar-refractivity contribution in [2.75, 3.05) is 12.4 Å². The van der Waals surface area contributed by atoms with Gasteiger partial charge in [-0.15, -0.1) is 0 Å². The molecule has 1 N–H and O–H groups in total. The zero-order valence-corrected chi connectivity index (χ0v) is 18.1. The molecule has 31 heavy (non-hydrogen) atoms. The van der Waals surface area contributed by atoms with E-state index in [1.807, 2.05) is 0 Å². The first kappa shape index (κ1) is 23.2. The van der Waals surface area contributed by atoms with Crippen molar-refractivity contribution in [2.45, 2.75) is 37.0 Å². The minimum Gasteiger partial charge on any atom is -0.467 e. The highest BCUT2D eigenvalue weighted by atomic mass is 79.9. The van der Waals surface area contributed by atoms with Gasteiger partial charge in [0.25, 0.3) is 0 Å². The third-order valence-corrected chi connectivity index (χ3v) is 6.10. The first-order chi connectivity index (χ1) is 14.6. The lowest BCUT2D eigenvalue weighted by molar-refractivity contribution is -0.166.